The quantitative estimate of drug-likeness (QED) is 0.789. The van der Waals surface area contributed by atoms with Gasteiger partial charge in [-0.15, -0.1) is 0 Å². The highest BCUT2D eigenvalue weighted by Crippen LogP contribution is 2.19. The van der Waals surface area contributed by atoms with Crippen molar-refractivity contribution in [2.75, 3.05) is 32.7 Å². The van der Waals surface area contributed by atoms with Crippen molar-refractivity contribution in [1.82, 2.24) is 9.80 Å². The molecule has 0 aliphatic carbocycles. The topological polar surface area (TPSA) is 45.6 Å². The molecule has 16 heavy (non-hydrogen) atoms. The first-order valence-corrected chi connectivity index (χ1v) is 6.07. The number of nitrogens with two attached hydrogens (primary N) is 1. The summed E-state index contributed by atoms with van der Waals surface area (Å²) in [4.78, 5) is 5.06. The van der Waals surface area contributed by atoms with E-state index in [0.29, 0.717) is 6.04 Å². The molecular weight excluding hydrogens is 202 g/mol. The molecule has 3 fully saturated rings. The minimum absolute atomic E-state index is 0.189. The Balaban J connectivity index is 1.64. The molecular formula is C12H19N3O. The van der Waals surface area contributed by atoms with Crippen LogP contribution in [-0.2, 0) is 6.42 Å². The van der Waals surface area contributed by atoms with Crippen LogP contribution in [0.4, 0.5) is 0 Å². The standard InChI is InChI=1S/C12H19N3O/c13-11(8-10-2-1-7-16-10)12-9-14-3-5-15(12)6-4-14/h1-2,7,11-12H,3-6,8-9,13H2. The molecule has 88 valence electrons. The Hall–Kier alpha value is -0.840. The lowest BCUT2D eigenvalue weighted by molar-refractivity contribution is 0.00200. The van der Waals surface area contributed by atoms with Crippen molar-refractivity contribution < 1.29 is 4.42 Å². The van der Waals surface area contributed by atoms with Crippen molar-refractivity contribution in [3.05, 3.63) is 24.2 Å². The number of furan rings is 1. The van der Waals surface area contributed by atoms with E-state index in [-0.39, 0.29) is 6.04 Å². The van der Waals surface area contributed by atoms with E-state index in [2.05, 4.69) is 9.80 Å². The van der Waals surface area contributed by atoms with Crippen LogP contribution in [0, 0.1) is 0 Å². The Kier molecular flexibility index (Phi) is 2.71. The van der Waals surface area contributed by atoms with E-state index in [1.54, 1.807) is 6.26 Å². The van der Waals surface area contributed by atoms with Crippen LogP contribution >= 0.6 is 0 Å². The zero-order valence-electron chi connectivity index (χ0n) is 9.51. The molecule has 0 spiro atoms. The van der Waals surface area contributed by atoms with Crippen LogP contribution < -0.4 is 5.73 Å². The normalized spacial score (nSPS) is 35.2. The molecule has 4 heteroatoms. The maximum atomic E-state index is 6.30. The Morgan fingerprint density at radius 1 is 1.38 bits per heavy atom. The Morgan fingerprint density at radius 3 is 2.75 bits per heavy atom. The molecule has 2 unspecified atom stereocenters. The van der Waals surface area contributed by atoms with Crippen molar-refractivity contribution in [2.24, 2.45) is 5.73 Å². The number of nitrogens with zero attached hydrogens (tertiary/aromatic N) is 2. The maximum absolute atomic E-state index is 6.30. The van der Waals surface area contributed by atoms with Crippen LogP contribution in [0.15, 0.2) is 22.8 Å². The number of piperazine rings is 3. The molecule has 4 rings (SSSR count). The molecule has 4 nitrogen and oxygen atoms in total. The first-order chi connectivity index (χ1) is 7.83. The molecule has 1 aromatic heterocycles. The third kappa shape index (κ3) is 1.88. The molecule has 0 amide bonds. The SMILES string of the molecule is NC(Cc1ccco1)C1CN2CCN1CC2. The Morgan fingerprint density at radius 2 is 2.19 bits per heavy atom. The van der Waals surface area contributed by atoms with Gasteiger partial charge in [0.15, 0.2) is 0 Å². The average molecular weight is 221 g/mol. The van der Waals surface area contributed by atoms with E-state index in [1.807, 2.05) is 12.1 Å². The molecule has 0 saturated carbocycles. The van der Waals surface area contributed by atoms with Gasteiger partial charge in [-0.25, -0.2) is 0 Å². The van der Waals surface area contributed by atoms with E-state index in [4.69, 9.17) is 10.2 Å². The van der Waals surface area contributed by atoms with Gasteiger partial charge in [-0.1, -0.05) is 0 Å². The van der Waals surface area contributed by atoms with Gasteiger partial charge in [-0.05, 0) is 12.1 Å². The van der Waals surface area contributed by atoms with Crippen molar-refractivity contribution in [3.8, 4) is 0 Å². The van der Waals surface area contributed by atoms with Gasteiger partial charge in [0.25, 0.3) is 0 Å². The number of rotatable bonds is 3. The van der Waals surface area contributed by atoms with Crippen molar-refractivity contribution >= 4 is 0 Å². The third-order valence-electron chi connectivity index (χ3n) is 3.83. The van der Waals surface area contributed by atoms with Gasteiger partial charge >= 0.3 is 0 Å². The predicted octanol–water partition coefficient (Wildman–Crippen LogP) is 0.149. The molecule has 3 aliphatic rings. The van der Waals surface area contributed by atoms with Gasteiger partial charge < -0.3 is 10.2 Å². The summed E-state index contributed by atoms with van der Waals surface area (Å²) in [6, 6.07) is 4.64. The fraction of sp³-hybridized carbons (Fsp3) is 0.667. The number of fused-ring (bicyclic) bond motifs is 3. The summed E-state index contributed by atoms with van der Waals surface area (Å²) in [7, 11) is 0. The molecule has 3 saturated heterocycles. The van der Waals surface area contributed by atoms with Gasteiger partial charge in [0.2, 0.25) is 0 Å². The monoisotopic (exact) mass is 221 g/mol. The fourth-order valence-electron chi connectivity index (χ4n) is 2.86. The van der Waals surface area contributed by atoms with Crippen molar-refractivity contribution in [2.45, 2.75) is 18.5 Å². The second-order valence-corrected chi connectivity index (χ2v) is 4.85. The zero-order valence-corrected chi connectivity index (χ0v) is 9.51. The Labute approximate surface area is 96.0 Å². The highest BCUT2D eigenvalue weighted by molar-refractivity contribution is 5.04. The van der Waals surface area contributed by atoms with Crippen LogP contribution in [0.5, 0.6) is 0 Å². The summed E-state index contributed by atoms with van der Waals surface area (Å²) >= 11 is 0. The minimum atomic E-state index is 0.189. The molecule has 2 N–H and O–H groups in total. The van der Waals surface area contributed by atoms with E-state index in [1.165, 1.54) is 26.2 Å². The molecule has 2 atom stereocenters. The second kappa shape index (κ2) is 4.20. The first kappa shape index (κ1) is 10.3. The lowest BCUT2D eigenvalue weighted by Gasteiger charge is -2.49. The van der Waals surface area contributed by atoms with Gasteiger partial charge in [0.1, 0.15) is 5.76 Å². The summed E-state index contributed by atoms with van der Waals surface area (Å²) in [5.41, 5.74) is 6.30. The van der Waals surface area contributed by atoms with E-state index in [9.17, 15) is 0 Å². The zero-order chi connectivity index (χ0) is 11.0. The molecule has 1 aromatic rings. The Bertz CT molecular complexity index is 330. The smallest absolute Gasteiger partial charge is 0.105 e. The summed E-state index contributed by atoms with van der Waals surface area (Å²) in [6.45, 7) is 5.91. The maximum Gasteiger partial charge on any atom is 0.105 e. The van der Waals surface area contributed by atoms with Crippen molar-refractivity contribution in [1.29, 1.82) is 0 Å². The van der Waals surface area contributed by atoms with Crippen LogP contribution in [0.2, 0.25) is 0 Å². The molecule has 2 bridgehead atoms. The van der Waals surface area contributed by atoms with E-state index >= 15 is 0 Å². The van der Waals surface area contributed by atoms with E-state index in [0.717, 1.165) is 18.7 Å². The molecule has 3 aliphatic heterocycles. The van der Waals surface area contributed by atoms with Crippen LogP contribution in [0.25, 0.3) is 0 Å². The highest BCUT2D eigenvalue weighted by Gasteiger charge is 2.35. The minimum Gasteiger partial charge on any atom is -0.469 e. The fourth-order valence-corrected chi connectivity index (χ4v) is 2.86. The van der Waals surface area contributed by atoms with Gasteiger partial charge in [-0.3, -0.25) is 9.80 Å². The van der Waals surface area contributed by atoms with Gasteiger partial charge in [-0.2, -0.15) is 0 Å². The largest absolute Gasteiger partial charge is 0.469 e. The summed E-state index contributed by atoms with van der Waals surface area (Å²) in [5.74, 6) is 1.00. The molecule has 0 radical (unpaired) electrons. The van der Waals surface area contributed by atoms with Gasteiger partial charge in [0.05, 0.1) is 6.26 Å². The number of hydrogen-bond donors (Lipinski definition) is 1. The summed E-state index contributed by atoms with van der Waals surface area (Å²) < 4.78 is 5.36. The average Bonchev–Trinajstić information content (AvgIpc) is 2.83. The molecule has 0 aromatic carbocycles. The number of hydrogen-bond acceptors (Lipinski definition) is 4. The van der Waals surface area contributed by atoms with Crippen LogP contribution in [0.1, 0.15) is 5.76 Å². The summed E-state index contributed by atoms with van der Waals surface area (Å²) in [6.07, 6.45) is 2.57. The first-order valence-electron chi connectivity index (χ1n) is 6.07. The van der Waals surface area contributed by atoms with Crippen LogP contribution in [-0.4, -0.2) is 54.6 Å². The van der Waals surface area contributed by atoms with Gasteiger partial charge in [0, 0.05) is 51.2 Å². The molecule has 4 heterocycles. The predicted molar refractivity (Wildman–Crippen MR) is 62.2 cm³/mol. The lowest BCUT2D eigenvalue weighted by Crippen LogP contribution is -2.66. The van der Waals surface area contributed by atoms with E-state index < -0.39 is 0 Å². The summed E-state index contributed by atoms with van der Waals surface area (Å²) in [5, 5.41) is 0. The second-order valence-electron chi connectivity index (χ2n) is 4.85. The lowest BCUT2D eigenvalue weighted by atomic mass is 9.97. The third-order valence-corrected chi connectivity index (χ3v) is 3.83. The highest BCUT2D eigenvalue weighted by atomic mass is 16.3. The van der Waals surface area contributed by atoms with Crippen molar-refractivity contribution in [3.63, 3.8) is 0 Å². The van der Waals surface area contributed by atoms with Crippen LogP contribution in [0.3, 0.4) is 0 Å².